The second-order valence-electron chi connectivity index (χ2n) is 5.12. The van der Waals surface area contributed by atoms with E-state index >= 15 is 0 Å². The molecule has 1 aromatic heterocycles. The van der Waals surface area contributed by atoms with E-state index in [0.717, 1.165) is 30.5 Å². The van der Waals surface area contributed by atoms with Crippen molar-refractivity contribution in [1.82, 2.24) is 10.3 Å². The smallest absolute Gasteiger partial charge is 0.128 e. The molecular weight excluding hydrogens is 210 g/mol. The summed E-state index contributed by atoms with van der Waals surface area (Å²) < 4.78 is 0. The molecule has 0 bridgehead atoms. The van der Waals surface area contributed by atoms with E-state index in [1.54, 1.807) is 0 Å². The maximum Gasteiger partial charge on any atom is 0.128 e. The van der Waals surface area contributed by atoms with Crippen LogP contribution in [0.2, 0.25) is 0 Å². The van der Waals surface area contributed by atoms with E-state index in [-0.39, 0.29) is 0 Å². The number of nitrogens with one attached hydrogen (secondary N) is 1. The van der Waals surface area contributed by atoms with Crippen molar-refractivity contribution in [1.29, 1.82) is 0 Å². The highest BCUT2D eigenvalue weighted by molar-refractivity contribution is 5.41. The molecule has 0 atom stereocenters. The summed E-state index contributed by atoms with van der Waals surface area (Å²) in [6, 6.07) is 4.32. The van der Waals surface area contributed by atoms with Crippen molar-refractivity contribution in [3.8, 4) is 0 Å². The van der Waals surface area contributed by atoms with Gasteiger partial charge in [-0.2, -0.15) is 0 Å². The van der Waals surface area contributed by atoms with Crippen molar-refractivity contribution in [2.45, 2.75) is 32.7 Å². The van der Waals surface area contributed by atoms with Crippen LogP contribution >= 0.6 is 0 Å². The number of rotatable bonds is 5. The van der Waals surface area contributed by atoms with Crippen LogP contribution in [0.4, 0.5) is 5.82 Å². The summed E-state index contributed by atoms with van der Waals surface area (Å²) in [5.74, 6) is 1.99. The molecule has 0 unspecified atom stereocenters. The second kappa shape index (κ2) is 5.50. The molecule has 0 amide bonds. The first kappa shape index (κ1) is 12.4. The first-order chi connectivity index (χ1) is 8.20. The third kappa shape index (κ3) is 2.97. The quantitative estimate of drug-likeness (QED) is 0.846. The van der Waals surface area contributed by atoms with E-state index in [2.05, 4.69) is 41.3 Å². The van der Waals surface area contributed by atoms with E-state index in [9.17, 15) is 0 Å². The third-order valence-electron chi connectivity index (χ3n) is 3.70. The van der Waals surface area contributed by atoms with Crippen molar-refractivity contribution in [3.63, 3.8) is 0 Å². The predicted octanol–water partition coefficient (Wildman–Crippen LogP) is 2.35. The van der Waals surface area contributed by atoms with Gasteiger partial charge >= 0.3 is 0 Å². The Labute approximate surface area is 104 Å². The van der Waals surface area contributed by atoms with E-state index in [4.69, 9.17) is 0 Å². The standard InChI is InChI=1S/C14H23N3/c1-11-13(9-15-2)7-8-14(16-11)17(3)10-12-5-4-6-12/h7-8,12,15H,4-6,9-10H2,1-3H3. The number of nitrogens with zero attached hydrogens (tertiary/aromatic N) is 2. The number of pyridine rings is 1. The SMILES string of the molecule is CNCc1ccc(N(C)CC2CCC2)nc1C. The van der Waals surface area contributed by atoms with Crippen LogP contribution in [0.1, 0.15) is 30.5 Å². The molecule has 0 aliphatic heterocycles. The molecule has 3 nitrogen and oxygen atoms in total. The fourth-order valence-corrected chi connectivity index (χ4v) is 2.32. The van der Waals surface area contributed by atoms with Gasteiger partial charge in [0.1, 0.15) is 5.82 Å². The minimum absolute atomic E-state index is 0.888. The Morgan fingerprint density at radius 2 is 2.18 bits per heavy atom. The summed E-state index contributed by atoms with van der Waals surface area (Å²) in [6.45, 7) is 4.14. The topological polar surface area (TPSA) is 28.2 Å². The maximum atomic E-state index is 4.69. The molecule has 2 rings (SSSR count). The first-order valence-electron chi connectivity index (χ1n) is 6.53. The zero-order valence-electron chi connectivity index (χ0n) is 11.2. The monoisotopic (exact) mass is 233 g/mol. The zero-order chi connectivity index (χ0) is 12.3. The predicted molar refractivity (Wildman–Crippen MR) is 72.3 cm³/mol. The molecule has 1 aliphatic rings. The van der Waals surface area contributed by atoms with E-state index in [1.807, 2.05) is 7.05 Å². The lowest BCUT2D eigenvalue weighted by atomic mass is 9.85. The molecule has 3 heteroatoms. The maximum absolute atomic E-state index is 4.69. The molecule has 1 aliphatic carbocycles. The second-order valence-corrected chi connectivity index (χ2v) is 5.12. The Morgan fingerprint density at radius 1 is 1.41 bits per heavy atom. The van der Waals surface area contributed by atoms with Gasteiger partial charge in [0, 0.05) is 25.8 Å². The normalized spacial score (nSPS) is 15.7. The Hall–Kier alpha value is -1.09. The van der Waals surface area contributed by atoms with Crippen molar-refractivity contribution in [2.75, 3.05) is 25.5 Å². The highest BCUT2D eigenvalue weighted by Gasteiger charge is 2.19. The van der Waals surface area contributed by atoms with Crippen LogP contribution in [-0.4, -0.2) is 25.6 Å². The average molecular weight is 233 g/mol. The van der Waals surface area contributed by atoms with E-state index < -0.39 is 0 Å². The molecule has 94 valence electrons. The molecule has 1 N–H and O–H groups in total. The van der Waals surface area contributed by atoms with Crippen molar-refractivity contribution in [3.05, 3.63) is 23.4 Å². The lowest BCUT2D eigenvalue weighted by Gasteiger charge is -2.30. The van der Waals surface area contributed by atoms with Crippen molar-refractivity contribution in [2.24, 2.45) is 5.92 Å². The summed E-state index contributed by atoms with van der Waals surface area (Å²) in [6.07, 6.45) is 4.19. The molecule has 1 aromatic rings. The number of aromatic nitrogens is 1. The van der Waals surface area contributed by atoms with Crippen LogP contribution in [0.3, 0.4) is 0 Å². The molecule has 1 heterocycles. The highest BCUT2D eigenvalue weighted by atomic mass is 15.2. The van der Waals surface area contributed by atoms with Gasteiger partial charge in [0.05, 0.1) is 0 Å². The molecule has 0 saturated heterocycles. The largest absolute Gasteiger partial charge is 0.359 e. The van der Waals surface area contributed by atoms with Crippen molar-refractivity contribution >= 4 is 5.82 Å². The van der Waals surface area contributed by atoms with Gasteiger partial charge in [-0.1, -0.05) is 12.5 Å². The van der Waals surface area contributed by atoms with Gasteiger partial charge < -0.3 is 10.2 Å². The third-order valence-corrected chi connectivity index (χ3v) is 3.70. The molecule has 17 heavy (non-hydrogen) atoms. The molecule has 0 aromatic carbocycles. The summed E-state index contributed by atoms with van der Waals surface area (Å²) in [5.41, 5.74) is 2.42. The molecule has 0 spiro atoms. The fourth-order valence-electron chi connectivity index (χ4n) is 2.32. The summed E-state index contributed by atoms with van der Waals surface area (Å²) >= 11 is 0. The van der Waals surface area contributed by atoms with Crippen LogP contribution < -0.4 is 10.2 Å². The summed E-state index contributed by atoms with van der Waals surface area (Å²) in [7, 11) is 4.12. The summed E-state index contributed by atoms with van der Waals surface area (Å²) in [4.78, 5) is 6.98. The fraction of sp³-hybridized carbons (Fsp3) is 0.643. The Kier molecular flexibility index (Phi) is 4.00. The number of aryl methyl sites for hydroxylation is 1. The number of hydrogen-bond acceptors (Lipinski definition) is 3. The van der Waals surface area contributed by atoms with Crippen molar-refractivity contribution < 1.29 is 0 Å². The molecule has 1 saturated carbocycles. The van der Waals surface area contributed by atoms with Crippen LogP contribution in [0.5, 0.6) is 0 Å². The number of hydrogen-bond donors (Lipinski definition) is 1. The van der Waals surface area contributed by atoms with Crippen LogP contribution in [0, 0.1) is 12.8 Å². The van der Waals surface area contributed by atoms with Gasteiger partial charge in [-0.25, -0.2) is 4.98 Å². The van der Waals surface area contributed by atoms with Gasteiger partial charge in [0.25, 0.3) is 0 Å². The van der Waals surface area contributed by atoms with Crippen LogP contribution in [-0.2, 0) is 6.54 Å². The minimum Gasteiger partial charge on any atom is -0.359 e. The molecule has 1 fully saturated rings. The summed E-state index contributed by atoms with van der Waals surface area (Å²) in [5, 5.41) is 3.17. The molecule has 0 radical (unpaired) electrons. The lowest BCUT2D eigenvalue weighted by molar-refractivity contribution is 0.321. The first-order valence-corrected chi connectivity index (χ1v) is 6.53. The van der Waals surface area contributed by atoms with Gasteiger partial charge in [-0.15, -0.1) is 0 Å². The molecular formula is C14H23N3. The zero-order valence-corrected chi connectivity index (χ0v) is 11.2. The average Bonchev–Trinajstić information content (AvgIpc) is 2.26. The van der Waals surface area contributed by atoms with Crippen LogP contribution in [0.25, 0.3) is 0 Å². The van der Waals surface area contributed by atoms with Gasteiger partial charge in [0.15, 0.2) is 0 Å². The van der Waals surface area contributed by atoms with Gasteiger partial charge in [0.2, 0.25) is 0 Å². The van der Waals surface area contributed by atoms with Crippen LogP contribution in [0.15, 0.2) is 12.1 Å². The Bertz CT molecular complexity index is 372. The Balaban J connectivity index is 2.02. The highest BCUT2D eigenvalue weighted by Crippen LogP contribution is 2.28. The van der Waals surface area contributed by atoms with E-state index in [0.29, 0.717) is 0 Å². The Morgan fingerprint density at radius 3 is 2.71 bits per heavy atom. The van der Waals surface area contributed by atoms with E-state index in [1.165, 1.54) is 24.8 Å². The minimum atomic E-state index is 0.888. The van der Waals surface area contributed by atoms with Gasteiger partial charge in [-0.05, 0) is 44.4 Å². The van der Waals surface area contributed by atoms with Gasteiger partial charge in [-0.3, -0.25) is 0 Å². The number of anilines is 1. The lowest BCUT2D eigenvalue weighted by Crippen LogP contribution is -2.30.